The van der Waals surface area contributed by atoms with Gasteiger partial charge < -0.3 is 5.73 Å². The van der Waals surface area contributed by atoms with Crippen LogP contribution < -0.4 is 5.73 Å². The summed E-state index contributed by atoms with van der Waals surface area (Å²) in [6, 6.07) is 0.491. The number of nitrogens with two attached hydrogens (primary N) is 1. The molecule has 102 valence electrons. The van der Waals surface area contributed by atoms with Crippen LogP contribution in [-0.4, -0.2) is 17.5 Å². The van der Waals surface area contributed by atoms with Gasteiger partial charge in [-0.25, -0.2) is 0 Å². The molecule has 1 aliphatic rings. The van der Waals surface area contributed by atoms with Crippen LogP contribution in [0.15, 0.2) is 0 Å². The third-order valence-electron chi connectivity index (χ3n) is 3.96. The lowest BCUT2D eigenvalue weighted by atomic mass is 9.94. The van der Waals surface area contributed by atoms with Crippen molar-refractivity contribution in [1.29, 1.82) is 0 Å². The molecule has 1 aliphatic heterocycles. The molecule has 1 nitrogen and oxygen atoms in total. The Morgan fingerprint density at radius 3 is 2.29 bits per heavy atom. The molecule has 0 aromatic heterocycles. The van der Waals surface area contributed by atoms with Crippen molar-refractivity contribution in [1.82, 2.24) is 0 Å². The van der Waals surface area contributed by atoms with Crippen molar-refractivity contribution in [3.8, 4) is 0 Å². The van der Waals surface area contributed by atoms with E-state index in [0.717, 1.165) is 5.92 Å². The predicted octanol–water partition coefficient (Wildman–Crippen LogP) is 4.60. The molecule has 17 heavy (non-hydrogen) atoms. The largest absolute Gasteiger partial charge is 0.327 e. The lowest BCUT2D eigenvalue weighted by Gasteiger charge is -2.17. The van der Waals surface area contributed by atoms with E-state index >= 15 is 0 Å². The third kappa shape index (κ3) is 7.35. The molecule has 0 aromatic carbocycles. The fourth-order valence-corrected chi connectivity index (χ4v) is 3.99. The van der Waals surface area contributed by atoms with Gasteiger partial charge in [-0.1, -0.05) is 58.3 Å². The summed E-state index contributed by atoms with van der Waals surface area (Å²) in [6.45, 7) is 2.28. The molecule has 0 bridgehead atoms. The van der Waals surface area contributed by atoms with Gasteiger partial charge in [-0.15, -0.1) is 0 Å². The maximum atomic E-state index is 6.25. The lowest BCUT2D eigenvalue weighted by molar-refractivity contribution is 0.420. The molecule has 0 radical (unpaired) electrons. The first kappa shape index (κ1) is 15.4. The summed E-state index contributed by atoms with van der Waals surface area (Å²) in [4.78, 5) is 0. The first-order chi connectivity index (χ1) is 8.34. The van der Waals surface area contributed by atoms with E-state index in [-0.39, 0.29) is 0 Å². The van der Waals surface area contributed by atoms with Crippen molar-refractivity contribution in [2.24, 2.45) is 11.7 Å². The van der Waals surface area contributed by atoms with Crippen LogP contribution in [-0.2, 0) is 0 Å². The molecule has 1 fully saturated rings. The van der Waals surface area contributed by atoms with Crippen molar-refractivity contribution < 1.29 is 0 Å². The van der Waals surface area contributed by atoms with Gasteiger partial charge >= 0.3 is 0 Å². The molecular formula is C15H31NS. The molecule has 1 heterocycles. The highest BCUT2D eigenvalue weighted by atomic mass is 32.2. The van der Waals surface area contributed by atoms with Gasteiger partial charge in [-0.05, 0) is 30.3 Å². The second-order valence-electron chi connectivity index (χ2n) is 5.55. The van der Waals surface area contributed by atoms with Crippen LogP contribution in [0.4, 0.5) is 0 Å². The maximum absolute atomic E-state index is 6.25. The Bertz CT molecular complexity index is 166. The van der Waals surface area contributed by atoms with Crippen molar-refractivity contribution in [2.45, 2.75) is 77.2 Å². The Hall–Kier alpha value is 0.310. The highest BCUT2D eigenvalue weighted by molar-refractivity contribution is 7.99. The zero-order valence-electron chi connectivity index (χ0n) is 11.6. The Kier molecular flexibility index (Phi) is 9.27. The third-order valence-corrected chi connectivity index (χ3v) is 5.15. The second-order valence-corrected chi connectivity index (χ2v) is 6.70. The van der Waals surface area contributed by atoms with Crippen molar-refractivity contribution >= 4 is 11.8 Å². The fourth-order valence-electron chi connectivity index (χ4n) is 2.64. The minimum Gasteiger partial charge on any atom is -0.327 e. The molecule has 0 saturated carbocycles. The van der Waals surface area contributed by atoms with Gasteiger partial charge in [-0.3, -0.25) is 0 Å². The fraction of sp³-hybridized carbons (Fsp3) is 1.00. The van der Waals surface area contributed by atoms with Crippen LogP contribution >= 0.6 is 11.8 Å². The molecule has 2 unspecified atom stereocenters. The van der Waals surface area contributed by atoms with E-state index in [1.165, 1.54) is 75.7 Å². The summed E-state index contributed by atoms with van der Waals surface area (Å²) in [5.41, 5.74) is 6.25. The summed E-state index contributed by atoms with van der Waals surface area (Å²) in [7, 11) is 0. The average molecular weight is 257 g/mol. The number of thioether (sulfide) groups is 1. The quantitative estimate of drug-likeness (QED) is 0.579. The summed E-state index contributed by atoms with van der Waals surface area (Å²) >= 11 is 2.09. The first-order valence-electron chi connectivity index (χ1n) is 7.68. The van der Waals surface area contributed by atoms with Crippen LogP contribution in [0.25, 0.3) is 0 Å². The highest BCUT2D eigenvalue weighted by Gasteiger charge is 2.21. The average Bonchev–Trinajstić information content (AvgIpc) is 2.86. The first-order valence-corrected chi connectivity index (χ1v) is 8.83. The number of rotatable bonds is 10. The zero-order valence-corrected chi connectivity index (χ0v) is 12.4. The normalized spacial score (nSPS) is 21.9. The second kappa shape index (κ2) is 10.3. The van der Waals surface area contributed by atoms with Crippen molar-refractivity contribution in [2.75, 3.05) is 11.5 Å². The highest BCUT2D eigenvalue weighted by Crippen LogP contribution is 2.27. The minimum atomic E-state index is 0.491. The van der Waals surface area contributed by atoms with Gasteiger partial charge in [0, 0.05) is 6.04 Å². The topological polar surface area (TPSA) is 26.0 Å². The van der Waals surface area contributed by atoms with Gasteiger partial charge in [0.25, 0.3) is 0 Å². The SMILES string of the molecule is CCCCCCCCCCC(N)C1CCSC1. The molecule has 1 saturated heterocycles. The zero-order chi connectivity index (χ0) is 12.3. The van der Waals surface area contributed by atoms with Gasteiger partial charge in [0.1, 0.15) is 0 Å². The molecule has 0 amide bonds. The monoisotopic (exact) mass is 257 g/mol. The Morgan fingerprint density at radius 2 is 1.71 bits per heavy atom. The van der Waals surface area contributed by atoms with E-state index in [0.29, 0.717) is 6.04 Å². The van der Waals surface area contributed by atoms with Crippen LogP contribution in [0, 0.1) is 5.92 Å². The summed E-state index contributed by atoms with van der Waals surface area (Å²) in [5, 5.41) is 0. The molecule has 1 rings (SSSR count). The van der Waals surface area contributed by atoms with Gasteiger partial charge in [-0.2, -0.15) is 11.8 Å². The van der Waals surface area contributed by atoms with E-state index in [4.69, 9.17) is 5.73 Å². The van der Waals surface area contributed by atoms with Gasteiger partial charge in [0.05, 0.1) is 0 Å². The van der Waals surface area contributed by atoms with Crippen LogP contribution in [0.2, 0.25) is 0 Å². The van der Waals surface area contributed by atoms with Crippen LogP contribution in [0.3, 0.4) is 0 Å². The number of unbranched alkanes of at least 4 members (excludes halogenated alkanes) is 7. The summed E-state index contributed by atoms with van der Waals surface area (Å²) in [6.07, 6.45) is 13.9. The predicted molar refractivity (Wildman–Crippen MR) is 80.6 cm³/mol. The molecular weight excluding hydrogens is 226 g/mol. The van der Waals surface area contributed by atoms with E-state index in [1.54, 1.807) is 0 Å². The summed E-state index contributed by atoms with van der Waals surface area (Å²) < 4.78 is 0. The van der Waals surface area contributed by atoms with Crippen LogP contribution in [0.5, 0.6) is 0 Å². The van der Waals surface area contributed by atoms with E-state index in [9.17, 15) is 0 Å². The molecule has 2 N–H and O–H groups in total. The number of hydrogen-bond donors (Lipinski definition) is 1. The Balaban J connectivity index is 1.83. The van der Waals surface area contributed by atoms with Crippen molar-refractivity contribution in [3.05, 3.63) is 0 Å². The van der Waals surface area contributed by atoms with Crippen molar-refractivity contribution in [3.63, 3.8) is 0 Å². The molecule has 2 atom stereocenters. The van der Waals surface area contributed by atoms with E-state index in [1.807, 2.05) is 0 Å². The molecule has 0 spiro atoms. The van der Waals surface area contributed by atoms with E-state index < -0.39 is 0 Å². The molecule has 0 aromatic rings. The van der Waals surface area contributed by atoms with E-state index in [2.05, 4.69) is 18.7 Å². The maximum Gasteiger partial charge on any atom is 0.00753 e. The lowest BCUT2D eigenvalue weighted by Crippen LogP contribution is -2.29. The van der Waals surface area contributed by atoms with Gasteiger partial charge in [0.15, 0.2) is 0 Å². The molecule has 2 heteroatoms. The Morgan fingerprint density at radius 1 is 1.06 bits per heavy atom. The smallest absolute Gasteiger partial charge is 0.00753 e. The summed E-state index contributed by atoms with van der Waals surface area (Å²) in [5.74, 6) is 3.48. The number of hydrogen-bond acceptors (Lipinski definition) is 2. The van der Waals surface area contributed by atoms with Gasteiger partial charge in [0.2, 0.25) is 0 Å². The minimum absolute atomic E-state index is 0.491. The Labute approximate surface area is 112 Å². The molecule has 0 aliphatic carbocycles. The standard InChI is InChI=1S/C15H31NS/c1-2-3-4-5-6-7-8-9-10-15(16)14-11-12-17-13-14/h14-15H,2-13,16H2,1H3. The van der Waals surface area contributed by atoms with Crippen LogP contribution in [0.1, 0.15) is 71.1 Å².